The Morgan fingerprint density at radius 1 is 1.35 bits per heavy atom. The summed E-state index contributed by atoms with van der Waals surface area (Å²) in [5.74, 6) is 2.15. The fourth-order valence-electron chi connectivity index (χ4n) is 2.37. The molecular formula is C16H23NO3. The predicted molar refractivity (Wildman–Crippen MR) is 79.9 cm³/mol. The van der Waals surface area contributed by atoms with Crippen LogP contribution in [0.1, 0.15) is 26.0 Å². The van der Waals surface area contributed by atoms with Crippen molar-refractivity contribution in [2.24, 2.45) is 5.92 Å². The van der Waals surface area contributed by atoms with Crippen LogP contribution >= 0.6 is 0 Å². The van der Waals surface area contributed by atoms with Crippen molar-refractivity contribution in [2.45, 2.75) is 32.9 Å². The number of furan rings is 1. The molecule has 0 saturated heterocycles. The maximum atomic E-state index is 9.36. The lowest BCUT2D eigenvalue weighted by Crippen LogP contribution is -2.33. The lowest BCUT2D eigenvalue weighted by Gasteiger charge is -2.17. The van der Waals surface area contributed by atoms with Crippen molar-refractivity contribution in [1.82, 2.24) is 5.32 Å². The first-order valence-corrected chi connectivity index (χ1v) is 7.03. The number of aliphatic hydroxyl groups is 1. The van der Waals surface area contributed by atoms with E-state index in [1.54, 1.807) is 7.11 Å². The van der Waals surface area contributed by atoms with Crippen molar-refractivity contribution in [3.63, 3.8) is 0 Å². The van der Waals surface area contributed by atoms with Gasteiger partial charge in [0.25, 0.3) is 0 Å². The molecular weight excluding hydrogens is 254 g/mol. The number of aliphatic hydroxyl groups excluding tert-OH is 1. The van der Waals surface area contributed by atoms with Crippen LogP contribution in [-0.2, 0) is 6.54 Å². The summed E-state index contributed by atoms with van der Waals surface area (Å²) in [7, 11) is 1.64. The molecule has 0 aliphatic carbocycles. The fourth-order valence-corrected chi connectivity index (χ4v) is 2.37. The quantitative estimate of drug-likeness (QED) is 0.817. The number of methoxy groups -OCH3 is 1. The van der Waals surface area contributed by atoms with Crippen LogP contribution in [0.2, 0.25) is 0 Å². The van der Waals surface area contributed by atoms with Crippen molar-refractivity contribution < 1.29 is 14.3 Å². The molecule has 0 aliphatic heterocycles. The van der Waals surface area contributed by atoms with Gasteiger partial charge >= 0.3 is 0 Å². The maximum Gasteiger partial charge on any atom is 0.176 e. The van der Waals surface area contributed by atoms with Crippen LogP contribution in [0.5, 0.6) is 5.75 Å². The molecule has 0 aliphatic rings. The molecule has 0 bridgehead atoms. The van der Waals surface area contributed by atoms with E-state index in [0.717, 1.165) is 28.9 Å². The minimum absolute atomic E-state index is 0.102. The molecule has 0 saturated carbocycles. The molecule has 4 heteroatoms. The van der Waals surface area contributed by atoms with Gasteiger partial charge in [-0.3, -0.25) is 0 Å². The summed E-state index contributed by atoms with van der Waals surface area (Å²) in [6.07, 6.45) is 0.944. The van der Waals surface area contributed by atoms with Gasteiger partial charge in [-0.25, -0.2) is 0 Å². The molecule has 20 heavy (non-hydrogen) atoms. The van der Waals surface area contributed by atoms with Gasteiger partial charge in [-0.2, -0.15) is 0 Å². The van der Waals surface area contributed by atoms with E-state index in [1.165, 1.54) is 0 Å². The maximum absolute atomic E-state index is 9.36. The zero-order chi connectivity index (χ0) is 14.5. The summed E-state index contributed by atoms with van der Waals surface area (Å²) < 4.78 is 11.1. The van der Waals surface area contributed by atoms with Gasteiger partial charge in [-0.05, 0) is 24.5 Å². The molecule has 0 spiro atoms. The standard InChI is InChI=1S/C16H23NO3/c1-11(2)7-13(10-18)17-9-14-8-12-5-4-6-15(19-3)16(12)20-14/h4-6,8,11,13,17-18H,7,9-10H2,1-3H3. The summed E-state index contributed by atoms with van der Waals surface area (Å²) in [6, 6.07) is 7.95. The minimum Gasteiger partial charge on any atom is -0.493 e. The first kappa shape index (κ1) is 14.9. The molecule has 1 aromatic heterocycles. The summed E-state index contributed by atoms with van der Waals surface area (Å²) in [6.45, 7) is 5.05. The number of hydrogen-bond donors (Lipinski definition) is 2. The summed E-state index contributed by atoms with van der Waals surface area (Å²) in [5.41, 5.74) is 0.774. The predicted octanol–water partition coefficient (Wildman–Crippen LogP) is 2.94. The molecule has 2 N–H and O–H groups in total. The third kappa shape index (κ3) is 3.52. The van der Waals surface area contributed by atoms with E-state index in [1.807, 2.05) is 24.3 Å². The second-order valence-corrected chi connectivity index (χ2v) is 5.48. The Morgan fingerprint density at radius 2 is 2.15 bits per heavy atom. The van der Waals surface area contributed by atoms with Crippen molar-refractivity contribution in [3.8, 4) is 5.75 Å². The molecule has 1 atom stereocenters. The van der Waals surface area contributed by atoms with E-state index < -0.39 is 0 Å². The average molecular weight is 277 g/mol. The third-order valence-electron chi connectivity index (χ3n) is 3.32. The van der Waals surface area contributed by atoms with Gasteiger partial charge in [0.2, 0.25) is 0 Å². The van der Waals surface area contributed by atoms with E-state index in [4.69, 9.17) is 9.15 Å². The molecule has 2 aromatic rings. The highest BCUT2D eigenvalue weighted by molar-refractivity contribution is 5.83. The zero-order valence-electron chi connectivity index (χ0n) is 12.3. The van der Waals surface area contributed by atoms with Gasteiger partial charge < -0.3 is 19.6 Å². The minimum atomic E-state index is 0.102. The number of benzene rings is 1. The number of rotatable bonds is 7. The Balaban J connectivity index is 2.06. The monoisotopic (exact) mass is 277 g/mol. The van der Waals surface area contributed by atoms with E-state index in [2.05, 4.69) is 19.2 Å². The van der Waals surface area contributed by atoms with Gasteiger partial charge in [0.05, 0.1) is 20.3 Å². The van der Waals surface area contributed by atoms with Crippen molar-refractivity contribution in [1.29, 1.82) is 0 Å². The van der Waals surface area contributed by atoms with Gasteiger partial charge in [0.1, 0.15) is 5.76 Å². The first-order chi connectivity index (χ1) is 9.63. The van der Waals surface area contributed by atoms with Crippen LogP contribution < -0.4 is 10.1 Å². The van der Waals surface area contributed by atoms with Crippen LogP contribution in [-0.4, -0.2) is 24.9 Å². The zero-order valence-corrected chi connectivity index (χ0v) is 12.3. The Morgan fingerprint density at radius 3 is 2.80 bits per heavy atom. The van der Waals surface area contributed by atoms with Crippen molar-refractivity contribution in [2.75, 3.05) is 13.7 Å². The molecule has 4 nitrogen and oxygen atoms in total. The topological polar surface area (TPSA) is 54.6 Å². The second kappa shape index (κ2) is 6.77. The summed E-state index contributed by atoms with van der Waals surface area (Å²) in [4.78, 5) is 0. The van der Waals surface area contributed by atoms with Gasteiger partial charge in [0, 0.05) is 11.4 Å². The third-order valence-corrected chi connectivity index (χ3v) is 3.32. The highest BCUT2D eigenvalue weighted by atomic mass is 16.5. The van der Waals surface area contributed by atoms with Gasteiger partial charge in [0.15, 0.2) is 11.3 Å². The van der Waals surface area contributed by atoms with Crippen LogP contribution in [0, 0.1) is 5.92 Å². The number of para-hydroxylation sites is 1. The fraction of sp³-hybridized carbons (Fsp3) is 0.500. The number of nitrogens with one attached hydrogen (secondary N) is 1. The molecule has 0 fully saturated rings. The SMILES string of the molecule is COc1cccc2cc(CNC(CO)CC(C)C)oc12. The Hall–Kier alpha value is -1.52. The molecule has 0 amide bonds. The van der Waals surface area contributed by atoms with E-state index in [0.29, 0.717) is 12.5 Å². The molecule has 1 unspecified atom stereocenters. The molecule has 1 heterocycles. The lowest BCUT2D eigenvalue weighted by atomic mass is 10.0. The van der Waals surface area contributed by atoms with Crippen LogP contribution in [0.25, 0.3) is 11.0 Å². The average Bonchev–Trinajstić information content (AvgIpc) is 2.85. The summed E-state index contributed by atoms with van der Waals surface area (Å²) in [5, 5.41) is 13.7. The van der Waals surface area contributed by atoms with Gasteiger partial charge in [-0.15, -0.1) is 0 Å². The molecule has 2 rings (SSSR count). The molecule has 110 valence electrons. The highest BCUT2D eigenvalue weighted by Gasteiger charge is 2.12. The van der Waals surface area contributed by atoms with Crippen LogP contribution in [0.3, 0.4) is 0 Å². The van der Waals surface area contributed by atoms with Crippen molar-refractivity contribution in [3.05, 3.63) is 30.0 Å². The molecule has 0 radical (unpaired) electrons. The summed E-state index contributed by atoms with van der Waals surface area (Å²) >= 11 is 0. The Kier molecular flexibility index (Phi) is 5.04. The van der Waals surface area contributed by atoms with Crippen molar-refractivity contribution >= 4 is 11.0 Å². The first-order valence-electron chi connectivity index (χ1n) is 7.03. The Bertz CT molecular complexity index is 548. The van der Waals surface area contributed by atoms with Crippen LogP contribution in [0.15, 0.2) is 28.7 Å². The highest BCUT2D eigenvalue weighted by Crippen LogP contribution is 2.28. The van der Waals surface area contributed by atoms with Gasteiger partial charge in [-0.1, -0.05) is 26.0 Å². The smallest absolute Gasteiger partial charge is 0.176 e. The molecule has 1 aromatic carbocycles. The van der Waals surface area contributed by atoms with E-state index in [-0.39, 0.29) is 12.6 Å². The largest absolute Gasteiger partial charge is 0.493 e. The normalized spacial score (nSPS) is 13.1. The Labute approximate surface area is 119 Å². The van der Waals surface area contributed by atoms with E-state index >= 15 is 0 Å². The number of ether oxygens (including phenoxy) is 1. The number of fused-ring (bicyclic) bond motifs is 1. The van der Waals surface area contributed by atoms with Crippen LogP contribution in [0.4, 0.5) is 0 Å². The lowest BCUT2D eigenvalue weighted by molar-refractivity contribution is 0.221. The second-order valence-electron chi connectivity index (χ2n) is 5.48. The number of hydrogen-bond acceptors (Lipinski definition) is 4. The van der Waals surface area contributed by atoms with E-state index in [9.17, 15) is 5.11 Å².